The van der Waals surface area contributed by atoms with Crippen molar-refractivity contribution >= 4 is 221 Å². The van der Waals surface area contributed by atoms with E-state index in [0.29, 0.717) is 0 Å². The molecule has 0 aromatic carbocycles. The Labute approximate surface area is 252 Å². The molecule has 0 bridgehead atoms. The fraction of sp³-hybridized carbons (Fsp3) is 0. The Morgan fingerprint density at radius 1 is 0.500 bits per heavy atom. The summed E-state index contributed by atoms with van der Waals surface area (Å²) in [4.78, 5) is 51.3. The third-order valence-corrected chi connectivity index (χ3v) is 0. The zero-order chi connectivity index (χ0) is 9.00. The van der Waals surface area contributed by atoms with Crippen LogP contribution >= 0.6 is 15.6 Å². The Bertz CT molecular complexity index is 141. The summed E-state index contributed by atoms with van der Waals surface area (Å²) < 4.78 is 17.1. The molecule has 76 valence electrons. The molecule has 8 nitrogen and oxygen atoms in total. The summed E-state index contributed by atoms with van der Waals surface area (Å²) in [5.74, 6) is 0. The van der Waals surface area contributed by atoms with Gasteiger partial charge in [0.05, 0.1) is 0 Å². The van der Waals surface area contributed by atoms with E-state index in [4.69, 9.17) is 38.5 Å². The first kappa shape index (κ1) is 49.5. The molecule has 0 saturated carbocycles. The Kier molecular flexibility index (Phi) is 83.0. The Morgan fingerprint density at radius 3 is 0.500 bits per heavy atom. The summed E-state index contributed by atoms with van der Waals surface area (Å²) in [6.07, 6.45) is 0. The van der Waals surface area contributed by atoms with Gasteiger partial charge in [-0.25, -0.2) is 0 Å². The van der Waals surface area contributed by atoms with Crippen molar-refractivity contribution in [1.82, 2.24) is 0 Å². The van der Waals surface area contributed by atoms with Crippen LogP contribution in [0.2, 0.25) is 0 Å². The van der Waals surface area contributed by atoms with Crippen LogP contribution in [-0.4, -0.2) is 206 Å². The van der Waals surface area contributed by atoms with Crippen molar-refractivity contribution in [2.75, 3.05) is 0 Å². The molecule has 0 radical (unpaired) electrons. The molecule has 0 atom stereocenters. The van der Waals surface area contributed by atoms with E-state index in [0.717, 1.165) is 0 Å². The molecule has 0 unspecified atom stereocenters. The van der Waals surface area contributed by atoms with Gasteiger partial charge in [-0.2, -0.15) is 15.6 Å². The topological polar surface area (TPSA) is 172 Å². The fourth-order valence-electron chi connectivity index (χ4n) is 0. The van der Waals surface area contributed by atoms with Gasteiger partial charge in [0.15, 0.2) is 0 Å². The number of hydrogen-bond donors (Lipinski definition) is 0. The first-order chi connectivity index (χ1) is 4.00. The van der Waals surface area contributed by atoms with E-state index < -0.39 is 15.6 Å². The Morgan fingerprint density at radius 2 is 0.500 bits per heavy atom. The van der Waals surface area contributed by atoms with Crippen LogP contribution in [0.4, 0.5) is 0 Å². The van der Waals surface area contributed by atoms with E-state index in [2.05, 4.69) is 0 Å². The molecule has 0 N–H and O–H groups in total. The van der Waals surface area contributed by atoms with Crippen LogP contribution in [-0.2, 0) is 9.13 Å². The summed E-state index contributed by atoms with van der Waals surface area (Å²) in [6, 6.07) is 0. The Balaban J connectivity index is -0.00000000970. The summed E-state index contributed by atoms with van der Waals surface area (Å²) in [5, 5.41) is 0. The van der Waals surface area contributed by atoms with Gasteiger partial charge in [-0.05, 0) is 0 Å². The van der Waals surface area contributed by atoms with Gasteiger partial charge in [0.2, 0.25) is 0 Å². The minimum atomic E-state index is -5.39. The van der Waals surface area contributed by atoms with E-state index in [1.807, 2.05) is 0 Å². The number of phosphoric acid groups is 2. The van der Waals surface area contributed by atoms with Crippen LogP contribution < -0.4 is 29.4 Å². The minimum absolute atomic E-state index is 0. The predicted octanol–water partition coefficient (Wildman–Crippen LogP) is -9.54. The van der Waals surface area contributed by atoms with Crippen LogP contribution in [0, 0.1) is 0 Å². The molecule has 0 saturated heterocycles. The molecule has 0 spiro atoms. The molecular weight excluding hydrogens is 526 g/mol. The van der Waals surface area contributed by atoms with Crippen LogP contribution in [0.1, 0.15) is 0 Å². The van der Waals surface area contributed by atoms with Crippen LogP contribution in [0.25, 0.3) is 0 Å². The molecule has 0 aliphatic carbocycles. The normalized spacial score (nSPS) is 7.38. The van der Waals surface area contributed by atoms with Gasteiger partial charge in [-0.3, -0.25) is 0 Å². The van der Waals surface area contributed by atoms with Crippen molar-refractivity contribution in [3.8, 4) is 0 Å². The van der Waals surface area contributed by atoms with Crippen LogP contribution in [0.15, 0.2) is 0 Å². The SMILES string of the molecule is O=P([O-])([O-])[O-].O=P([O-])([O-])[O-].[Mg+2].[Mg+2].[Mg+2].[SrH2].[SrH2].[SrH2]. The molecule has 0 aromatic heterocycles. The second kappa shape index (κ2) is 26.8. The summed E-state index contributed by atoms with van der Waals surface area (Å²) >= 11 is 0. The average Bonchev–Trinajstić information content (AvgIpc) is 1.12. The third-order valence-electron chi connectivity index (χ3n) is 0. The van der Waals surface area contributed by atoms with E-state index >= 15 is 0 Å². The molecule has 0 rings (SSSR count). The fourth-order valence-corrected chi connectivity index (χ4v) is 0. The second-order valence-corrected chi connectivity index (χ2v) is 2.68. The van der Waals surface area contributed by atoms with E-state index in [9.17, 15) is 0 Å². The van der Waals surface area contributed by atoms with Crippen molar-refractivity contribution in [3.63, 3.8) is 0 Å². The van der Waals surface area contributed by atoms with Gasteiger partial charge in [-0.1, -0.05) is 0 Å². The molecule has 16 heteroatoms. The van der Waals surface area contributed by atoms with Crippen molar-refractivity contribution in [1.29, 1.82) is 0 Å². The van der Waals surface area contributed by atoms with Crippen molar-refractivity contribution < 1.29 is 38.5 Å². The molecule has 0 aromatic rings. The summed E-state index contributed by atoms with van der Waals surface area (Å²) in [6.45, 7) is 0. The molecule has 16 heavy (non-hydrogen) atoms. The van der Waals surface area contributed by atoms with Gasteiger partial charge >= 0.3 is 206 Å². The molecule has 0 amide bonds. The second-order valence-electron chi connectivity index (χ2n) is 0.894. The molecular formula is H6Mg3O8P2Sr3. The monoisotopic (exact) mass is 532 g/mol. The standard InChI is InChI=1S/3Mg.2H3O4P.3Sr.6H/c;;;2*1-5(2,3)4;;;;;;;;;/h;;;2*(H3,1,2,3,4);;;;;;;;;/q3*+2;;;;;;;;;;;/p-6. The van der Waals surface area contributed by atoms with Gasteiger partial charge in [0.1, 0.15) is 0 Å². The van der Waals surface area contributed by atoms with Crippen molar-refractivity contribution in [2.24, 2.45) is 0 Å². The maximum absolute atomic E-state index is 8.55. The first-order valence-corrected chi connectivity index (χ1v) is 4.38. The predicted molar refractivity (Wildman–Crippen MR) is 58.1 cm³/mol. The van der Waals surface area contributed by atoms with Crippen LogP contribution in [0.5, 0.6) is 0 Å². The molecule has 0 heterocycles. The molecule has 0 aliphatic heterocycles. The maximum atomic E-state index is 8.55. The number of rotatable bonds is 0. The van der Waals surface area contributed by atoms with Crippen molar-refractivity contribution in [2.45, 2.75) is 0 Å². The van der Waals surface area contributed by atoms with E-state index in [1.54, 1.807) is 0 Å². The van der Waals surface area contributed by atoms with E-state index in [-0.39, 0.29) is 206 Å². The van der Waals surface area contributed by atoms with Gasteiger partial charge in [-0.15, -0.1) is 0 Å². The zero-order valence-corrected chi connectivity index (χ0v) is 12.3. The zero-order valence-electron chi connectivity index (χ0n) is 6.28. The first-order valence-electron chi connectivity index (χ1n) is 1.46. The quantitative estimate of drug-likeness (QED) is 0.219. The average molecular weight is 532 g/mol. The van der Waals surface area contributed by atoms with Gasteiger partial charge < -0.3 is 38.5 Å². The van der Waals surface area contributed by atoms with Crippen LogP contribution in [0.3, 0.4) is 0 Å². The summed E-state index contributed by atoms with van der Waals surface area (Å²) in [5.41, 5.74) is 0. The third kappa shape index (κ3) is 172. The van der Waals surface area contributed by atoms with Gasteiger partial charge in [0.25, 0.3) is 0 Å². The Hall–Kier alpha value is 6.96. The van der Waals surface area contributed by atoms with Gasteiger partial charge in [0, 0.05) is 0 Å². The molecule has 0 aliphatic rings. The molecule has 0 fully saturated rings. The van der Waals surface area contributed by atoms with Crippen molar-refractivity contribution in [3.05, 3.63) is 0 Å². The number of hydrogen-bond acceptors (Lipinski definition) is 8. The summed E-state index contributed by atoms with van der Waals surface area (Å²) in [7, 11) is -10.8. The van der Waals surface area contributed by atoms with E-state index in [1.165, 1.54) is 0 Å².